The van der Waals surface area contributed by atoms with Crippen molar-refractivity contribution in [1.29, 1.82) is 0 Å². The normalized spacial score (nSPS) is 10.6. The summed E-state index contributed by atoms with van der Waals surface area (Å²) in [5.74, 6) is 0.928. The molecule has 108 valence electrons. The molecule has 1 aromatic carbocycles. The molecule has 0 aliphatic heterocycles. The van der Waals surface area contributed by atoms with E-state index in [2.05, 4.69) is 17.4 Å². The summed E-state index contributed by atoms with van der Waals surface area (Å²) in [6, 6.07) is 8.15. The number of hydrogen-bond donors (Lipinski definition) is 1. The van der Waals surface area contributed by atoms with Crippen LogP contribution in [0.15, 0.2) is 24.3 Å². The van der Waals surface area contributed by atoms with E-state index in [0.29, 0.717) is 6.61 Å². The minimum Gasteiger partial charge on any atom is -0.494 e. The minimum absolute atomic E-state index is 0.701. The first-order valence-corrected chi connectivity index (χ1v) is 6.86. The Hall–Kier alpha value is -1.10. The van der Waals surface area contributed by atoms with Crippen LogP contribution in [0.4, 0.5) is 0 Å². The molecule has 19 heavy (non-hydrogen) atoms. The predicted molar refractivity (Wildman–Crippen MR) is 76.6 cm³/mol. The third-order valence-electron chi connectivity index (χ3n) is 2.60. The van der Waals surface area contributed by atoms with Gasteiger partial charge in [0, 0.05) is 33.4 Å². The van der Waals surface area contributed by atoms with E-state index in [0.717, 1.165) is 45.1 Å². The van der Waals surface area contributed by atoms with E-state index in [1.807, 2.05) is 19.1 Å². The molecule has 1 rings (SSSR count). The van der Waals surface area contributed by atoms with Crippen LogP contribution < -0.4 is 10.1 Å². The van der Waals surface area contributed by atoms with Gasteiger partial charge in [0.25, 0.3) is 0 Å². The lowest BCUT2D eigenvalue weighted by Gasteiger charge is -2.08. The molecule has 1 aromatic rings. The van der Waals surface area contributed by atoms with Crippen molar-refractivity contribution in [3.63, 3.8) is 0 Å². The van der Waals surface area contributed by atoms with Crippen molar-refractivity contribution in [1.82, 2.24) is 5.32 Å². The van der Waals surface area contributed by atoms with Crippen molar-refractivity contribution in [2.24, 2.45) is 0 Å². The zero-order valence-corrected chi connectivity index (χ0v) is 12.0. The highest BCUT2D eigenvalue weighted by atomic mass is 16.5. The van der Waals surface area contributed by atoms with Gasteiger partial charge >= 0.3 is 0 Å². The van der Waals surface area contributed by atoms with Gasteiger partial charge in [-0.15, -0.1) is 0 Å². The Morgan fingerprint density at radius 3 is 2.84 bits per heavy atom. The second-order valence-electron chi connectivity index (χ2n) is 4.22. The lowest BCUT2D eigenvalue weighted by molar-refractivity contribution is 0.104. The first kappa shape index (κ1) is 16.0. The largest absolute Gasteiger partial charge is 0.494 e. The van der Waals surface area contributed by atoms with Crippen LogP contribution in [-0.2, 0) is 16.0 Å². The molecular weight excluding hydrogens is 242 g/mol. The fraction of sp³-hybridized carbons (Fsp3) is 0.600. The molecule has 0 bridgehead atoms. The Balaban J connectivity index is 2.07. The van der Waals surface area contributed by atoms with Crippen LogP contribution in [-0.4, -0.2) is 40.1 Å². The highest BCUT2D eigenvalue weighted by Crippen LogP contribution is 2.12. The van der Waals surface area contributed by atoms with Crippen LogP contribution in [0.1, 0.15) is 18.9 Å². The van der Waals surface area contributed by atoms with Crippen molar-refractivity contribution < 1.29 is 14.2 Å². The van der Waals surface area contributed by atoms with Crippen LogP contribution in [0.2, 0.25) is 0 Å². The van der Waals surface area contributed by atoms with Crippen molar-refractivity contribution in [2.45, 2.75) is 19.9 Å². The third-order valence-corrected chi connectivity index (χ3v) is 2.60. The summed E-state index contributed by atoms with van der Waals surface area (Å²) in [4.78, 5) is 0. The van der Waals surface area contributed by atoms with Gasteiger partial charge in [-0.1, -0.05) is 12.1 Å². The van der Waals surface area contributed by atoms with Gasteiger partial charge in [-0.25, -0.2) is 0 Å². The maximum absolute atomic E-state index is 5.47. The summed E-state index contributed by atoms with van der Waals surface area (Å²) in [7, 11) is 1.71. The SMILES string of the molecule is CCOc1cccc(CNCCOCCCOC)c1. The molecule has 4 nitrogen and oxygen atoms in total. The van der Waals surface area contributed by atoms with Crippen molar-refractivity contribution in [3.05, 3.63) is 29.8 Å². The van der Waals surface area contributed by atoms with Gasteiger partial charge in [-0.05, 0) is 31.0 Å². The summed E-state index contributed by atoms with van der Waals surface area (Å²) in [5, 5.41) is 3.35. The van der Waals surface area contributed by atoms with E-state index in [4.69, 9.17) is 14.2 Å². The Morgan fingerprint density at radius 2 is 2.05 bits per heavy atom. The lowest BCUT2D eigenvalue weighted by atomic mass is 10.2. The van der Waals surface area contributed by atoms with E-state index >= 15 is 0 Å². The topological polar surface area (TPSA) is 39.7 Å². The van der Waals surface area contributed by atoms with Crippen molar-refractivity contribution in [3.8, 4) is 5.75 Å². The average molecular weight is 267 g/mol. The molecule has 0 saturated carbocycles. The molecule has 0 amide bonds. The number of benzene rings is 1. The molecule has 0 aliphatic carbocycles. The van der Waals surface area contributed by atoms with Gasteiger partial charge in [0.15, 0.2) is 0 Å². The lowest BCUT2D eigenvalue weighted by Crippen LogP contribution is -2.19. The van der Waals surface area contributed by atoms with Gasteiger partial charge in [-0.3, -0.25) is 0 Å². The minimum atomic E-state index is 0.701. The van der Waals surface area contributed by atoms with Crippen LogP contribution in [0.5, 0.6) is 5.75 Å². The van der Waals surface area contributed by atoms with Crippen molar-refractivity contribution >= 4 is 0 Å². The molecule has 0 heterocycles. The zero-order chi connectivity index (χ0) is 13.8. The van der Waals surface area contributed by atoms with Gasteiger partial charge < -0.3 is 19.5 Å². The fourth-order valence-electron chi connectivity index (χ4n) is 1.70. The second kappa shape index (κ2) is 10.8. The summed E-state index contributed by atoms with van der Waals surface area (Å²) in [5.41, 5.74) is 1.23. The predicted octanol–water partition coefficient (Wildman–Crippen LogP) is 2.23. The molecule has 0 fully saturated rings. The monoisotopic (exact) mass is 267 g/mol. The standard InChI is InChI=1S/C15H25NO3/c1-3-19-15-7-4-6-14(12-15)13-16-8-11-18-10-5-9-17-2/h4,6-7,12,16H,3,5,8-11,13H2,1-2H3. The molecule has 0 saturated heterocycles. The molecule has 4 heteroatoms. The van der Waals surface area contributed by atoms with Gasteiger partial charge in [0.2, 0.25) is 0 Å². The molecular formula is C15H25NO3. The number of methoxy groups -OCH3 is 1. The van der Waals surface area contributed by atoms with Crippen LogP contribution in [0, 0.1) is 0 Å². The number of ether oxygens (including phenoxy) is 3. The Kier molecular flexibility index (Phi) is 9.06. The van der Waals surface area contributed by atoms with Crippen LogP contribution in [0.3, 0.4) is 0 Å². The highest BCUT2D eigenvalue weighted by molar-refractivity contribution is 5.28. The number of hydrogen-bond acceptors (Lipinski definition) is 4. The van der Waals surface area contributed by atoms with E-state index in [9.17, 15) is 0 Å². The third kappa shape index (κ3) is 7.82. The van der Waals surface area contributed by atoms with E-state index in [1.54, 1.807) is 7.11 Å². The van der Waals surface area contributed by atoms with Gasteiger partial charge in [0.1, 0.15) is 5.75 Å². The first-order valence-electron chi connectivity index (χ1n) is 6.86. The van der Waals surface area contributed by atoms with E-state index in [-0.39, 0.29) is 0 Å². The number of rotatable bonds is 11. The Bertz CT molecular complexity index is 331. The molecule has 0 unspecified atom stereocenters. The maximum atomic E-state index is 5.47. The van der Waals surface area contributed by atoms with Crippen LogP contribution >= 0.6 is 0 Å². The van der Waals surface area contributed by atoms with Crippen molar-refractivity contribution in [2.75, 3.05) is 40.1 Å². The Morgan fingerprint density at radius 1 is 1.16 bits per heavy atom. The summed E-state index contributed by atoms with van der Waals surface area (Å²) < 4.78 is 15.9. The summed E-state index contributed by atoms with van der Waals surface area (Å²) in [6.07, 6.45) is 0.951. The molecule has 1 N–H and O–H groups in total. The fourth-order valence-corrected chi connectivity index (χ4v) is 1.70. The Labute approximate surface area is 116 Å². The molecule has 0 radical (unpaired) electrons. The average Bonchev–Trinajstić information content (AvgIpc) is 2.43. The summed E-state index contributed by atoms with van der Waals surface area (Å²) >= 11 is 0. The number of nitrogens with one attached hydrogen (secondary N) is 1. The first-order chi connectivity index (χ1) is 9.36. The second-order valence-corrected chi connectivity index (χ2v) is 4.22. The molecule has 0 atom stereocenters. The summed E-state index contributed by atoms with van der Waals surface area (Å²) in [6.45, 7) is 6.63. The van der Waals surface area contributed by atoms with E-state index < -0.39 is 0 Å². The quantitative estimate of drug-likeness (QED) is 0.624. The van der Waals surface area contributed by atoms with Gasteiger partial charge in [-0.2, -0.15) is 0 Å². The molecule has 0 aliphatic rings. The van der Waals surface area contributed by atoms with Crippen LogP contribution in [0.25, 0.3) is 0 Å². The highest BCUT2D eigenvalue weighted by Gasteiger charge is 1.96. The van der Waals surface area contributed by atoms with Gasteiger partial charge in [0.05, 0.1) is 13.2 Å². The molecule has 0 spiro atoms. The zero-order valence-electron chi connectivity index (χ0n) is 12.0. The van der Waals surface area contributed by atoms with E-state index in [1.165, 1.54) is 5.56 Å². The molecule has 0 aromatic heterocycles. The smallest absolute Gasteiger partial charge is 0.119 e. The maximum Gasteiger partial charge on any atom is 0.119 e.